The molecule has 0 bridgehead atoms. The number of nitrogens with one attached hydrogen (secondary N) is 2. The maximum Gasteiger partial charge on any atom is 0.268 e. The Morgan fingerprint density at radius 2 is 1.83 bits per heavy atom. The Kier molecular flexibility index (Phi) is 6.52. The zero-order valence-electron chi connectivity index (χ0n) is 16.2. The lowest BCUT2D eigenvalue weighted by atomic mass is 10.1. The average Bonchev–Trinajstić information content (AvgIpc) is 3.21. The minimum atomic E-state index is -0.446. The molecule has 148 valence electrons. The van der Waals surface area contributed by atoms with E-state index in [1.807, 2.05) is 38.1 Å². The largest absolute Gasteiger partial charge is 0.465 e. The van der Waals surface area contributed by atoms with Crippen LogP contribution in [0.15, 0.2) is 71.0 Å². The molecule has 0 fully saturated rings. The molecule has 2 aromatic carbocycles. The highest BCUT2D eigenvalue weighted by Crippen LogP contribution is 2.15. The Morgan fingerprint density at radius 1 is 1.03 bits per heavy atom. The summed E-state index contributed by atoms with van der Waals surface area (Å²) >= 11 is 6.14. The van der Waals surface area contributed by atoms with Gasteiger partial charge in [-0.3, -0.25) is 9.59 Å². The van der Waals surface area contributed by atoms with Crippen LogP contribution in [0.1, 0.15) is 32.8 Å². The second-order valence-electron chi connectivity index (χ2n) is 6.60. The van der Waals surface area contributed by atoms with Crippen molar-refractivity contribution in [3.05, 3.63) is 99.6 Å². The summed E-state index contributed by atoms with van der Waals surface area (Å²) in [5, 5.41) is 6.03. The topological polar surface area (TPSA) is 71.3 Å². The van der Waals surface area contributed by atoms with E-state index in [1.54, 1.807) is 30.3 Å². The molecule has 0 aliphatic rings. The van der Waals surface area contributed by atoms with Crippen LogP contribution in [0.5, 0.6) is 0 Å². The number of rotatable bonds is 6. The van der Waals surface area contributed by atoms with Crippen molar-refractivity contribution < 1.29 is 14.0 Å². The Balaban J connectivity index is 1.79. The highest BCUT2D eigenvalue weighted by Gasteiger charge is 2.16. The van der Waals surface area contributed by atoms with Gasteiger partial charge in [-0.15, -0.1) is 0 Å². The molecule has 0 atom stereocenters. The third-order valence-corrected chi connectivity index (χ3v) is 4.86. The minimum Gasteiger partial charge on any atom is -0.465 e. The molecule has 0 aliphatic carbocycles. The molecule has 6 heteroatoms. The van der Waals surface area contributed by atoms with Crippen molar-refractivity contribution in [2.45, 2.75) is 20.4 Å². The fourth-order valence-corrected chi connectivity index (χ4v) is 2.87. The van der Waals surface area contributed by atoms with Gasteiger partial charge in [0.1, 0.15) is 11.5 Å². The van der Waals surface area contributed by atoms with Crippen LogP contribution in [0.4, 0.5) is 0 Å². The Morgan fingerprint density at radius 3 is 2.52 bits per heavy atom. The quantitative estimate of drug-likeness (QED) is 0.584. The summed E-state index contributed by atoms with van der Waals surface area (Å²) in [5.41, 5.74) is 3.41. The van der Waals surface area contributed by atoms with E-state index in [1.165, 1.54) is 12.3 Å². The predicted molar refractivity (Wildman–Crippen MR) is 113 cm³/mol. The van der Waals surface area contributed by atoms with Crippen LogP contribution >= 0.6 is 11.6 Å². The van der Waals surface area contributed by atoms with E-state index in [4.69, 9.17) is 16.0 Å². The SMILES string of the molecule is Cc1ccc(C(=O)NC(=Cc2ccco2)C(=O)NCc2ccccc2Cl)cc1C. The van der Waals surface area contributed by atoms with Crippen LogP contribution in [0.3, 0.4) is 0 Å². The Bertz CT molecular complexity index is 1060. The second-order valence-corrected chi connectivity index (χ2v) is 7.01. The van der Waals surface area contributed by atoms with Crippen molar-refractivity contribution in [3.8, 4) is 0 Å². The summed E-state index contributed by atoms with van der Waals surface area (Å²) in [6.45, 7) is 4.14. The van der Waals surface area contributed by atoms with E-state index in [9.17, 15) is 9.59 Å². The lowest BCUT2D eigenvalue weighted by Gasteiger charge is -2.12. The zero-order valence-corrected chi connectivity index (χ0v) is 16.9. The molecule has 0 spiro atoms. The Labute approximate surface area is 174 Å². The van der Waals surface area contributed by atoms with E-state index in [-0.39, 0.29) is 18.1 Å². The number of carbonyl (C=O) groups excluding carboxylic acids is 2. The van der Waals surface area contributed by atoms with Gasteiger partial charge < -0.3 is 15.1 Å². The molecule has 0 saturated carbocycles. The summed E-state index contributed by atoms with van der Waals surface area (Å²) in [4.78, 5) is 25.5. The molecule has 2 N–H and O–H groups in total. The molecule has 29 heavy (non-hydrogen) atoms. The van der Waals surface area contributed by atoms with Crippen molar-refractivity contribution in [3.63, 3.8) is 0 Å². The van der Waals surface area contributed by atoms with Crippen LogP contribution in [-0.4, -0.2) is 11.8 Å². The molecule has 0 aliphatic heterocycles. The Hall–Kier alpha value is -3.31. The number of halogens is 1. The van der Waals surface area contributed by atoms with Crippen molar-refractivity contribution in [2.24, 2.45) is 0 Å². The smallest absolute Gasteiger partial charge is 0.268 e. The van der Waals surface area contributed by atoms with Gasteiger partial charge in [0.15, 0.2) is 0 Å². The maximum atomic E-state index is 12.8. The molecule has 1 heterocycles. The average molecular weight is 409 g/mol. The molecule has 5 nitrogen and oxygen atoms in total. The highest BCUT2D eigenvalue weighted by atomic mass is 35.5. The van der Waals surface area contributed by atoms with E-state index in [0.29, 0.717) is 16.3 Å². The summed E-state index contributed by atoms with van der Waals surface area (Å²) in [7, 11) is 0. The van der Waals surface area contributed by atoms with Gasteiger partial charge in [-0.05, 0) is 60.9 Å². The molecule has 1 aromatic heterocycles. The lowest BCUT2D eigenvalue weighted by Crippen LogP contribution is -2.34. The standard InChI is InChI=1S/C23H21ClN2O3/c1-15-9-10-17(12-16(15)2)22(27)26-21(13-19-7-5-11-29-19)23(28)25-14-18-6-3-4-8-20(18)24/h3-13H,14H2,1-2H3,(H,25,28)(H,26,27). The first kappa shape index (κ1) is 20.4. The molecule has 0 unspecified atom stereocenters. The van der Waals surface area contributed by atoms with Gasteiger partial charge in [-0.1, -0.05) is 35.9 Å². The van der Waals surface area contributed by atoms with Crippen LogP contribution in [-0.2, 0) is 11.3 Å². The molecule has 0 saturated heterocycles. The van der Waals surface area contributed by atoms with Gasteiger partial charge >= 0.3 is 0 Å². The fourth-order valence-electron chi connectivity index (χ4n) is 2.66. The number of carbonyl (C=O) groups is 2. The summed E-state index contributed by atoms with van der Waals surface area (Å²) < 4.78 is 5.29. The van der Waals surface area contributed by atoms with Crippen molar-refractivity contribution in [1.29, 1.82) is 0 Å². The normalized spacial score (nSPS) is 11.2. The number of furan rings is 1. The highest BCUT2D eigenvalue weighted by molar-refractivity contribution is 6.31. The number of amides is 2. The second kappa shape index (κ2) is 9.26. The van der Waals surface area contributed by atoms with Gasteiger partial charge in [-0.25, -0.2) is 0 Å². The first-order valence-corrected chi connectivity index (χ1v) is 9.47. The third-order valence-electron chi connectivity index (χ3n) is 4.49. The zero-order chi connectivity index (χ0) is 20.8. The van der Waals surface area contributed by atoms with E-state index >= 15 is 0 Å². The summed E-state index contributed by atoms with van der Waals surface area (Å²) in [6, 6.07) is 16.0. The number of hydrogen-bond donors (Lipinski definition) is 2. The van der Waals surface area contributed by atoms with Gasteiger partial charge in [0.05, 0.1) is 6.26 Å². The number of benzene rings is 2. The number of aryl methyl sites for hydroxylation is 2. The molecular weight excluding hydrogens is 388 g/mol. The van der Waals surface area contributed by atoms with Crippen LogP contribution < -0.4 is 10.6 Å². The van der Waals surface area contributed by atoms with Crippen LogP contribution in [0, 0.1) is 13.8 Å². The van der Waals surface area contributed by atoms with Crippen LogP contribution in [0.2, 0.25) is 5.02 Å². The van der Waals surface area contributed by atoms with Gasteiger partial charge in [0.2, 0.25) is 0 Å². The van der Waals surface area contributed by atoms with Crippen molar-refractivity contribution >= 4 is 29.5 Å². The number of hydrogen-bond acceptors (Lipinski definition) is 3. The third kappa shape index (κ3) is 5.36. The summed E-state index contributed by atoms with van der Waals surface area (Å²) in [6.07, 6.45) is 2.98. The fraction of sp³-hybridized carbons (Fsp3) is 0.130. The molecule has 3 rings (SSSR count). The van der Waals surface area contributed by atoms with Crippen molar-refractivity contribution in [2.75, 3.05) is 0 Å². The van der Waals surface area contributed by atoms with E-state index in [0.717, 1.165) is 16.7 Å². The van der Waals surface area contributed by atoms with Gasteiger partial charge in [-0.2, -0.15) is 0 Å². The van der Waals surface area contributed by atoms with Crippen LogP contribution in [0.25, 0.3) is 6.08 Å². The van der Waals surface area contributed by atoms with E-state index < -0.39 is 5.91 Å². The van der Waals surface area contributed by atoms with Gasteiger partial charge in [0.25, 0.3) is 11.8 Å². The predicted octanol–water partition coefficient (Wildman–Crippen LogP) is 4.64. The molecule has 3 aromatic rings. The first-order chi connectivity index (χ1) is 13.9. The summed E-state index contributed by atoms with van der Waals surface area (Å²) in [5.74, 6) is -0.370. The molecular formula is C23H21ClN2O3. The maximum absolute atomic E-state index is 12.8. The van der Waals surface area contributed by atoms with Gasteiger partial charge in [0, 0.05) is 23.2 Å². The van der Waals surface area contributed by atoms with Crippen molar-refractivity contribution in [1.82, 2.24) is 10.6 Å². The minimum absolute atomic E-state index is 0.0789. The molecule has 2 amide bonds. The first-order valence-electron chi connectivity index (χ1n) is 9.09. The molecule has 0 radical (unpaired) electrons. The lowest BCUT2D eigenvalue weighted by molar-refractivity contribution is -0.117. The monoisotopic (exact) mass is 408 g/mol. The van der Waals surface area contributed by atoms with E-state index in [2.05, 4.69) is 10.6 Å².